The van der Waals surface area contributed by atoms with E-state index in [1.807, 2.05) is 12.1 Å². The number of nitrogens with zero attached hydrogens (tertiary/aromatic N) is 3. The molecule has 4 rings (SSSR count). The first-order valence-electron chi connectivity index (χ1n) is 11.7. The predicted octanol–water partition coefficient (Wildman–Crippen LogP) is 2.60. The second kappa shape index (κ2) is 11.1. The smallest absolute Gasteiger partial charge is 0.338 e. The van der Waals surface area contributed by atoms with Crippen molar-refractivity contribution in [2.75, 3.05) is 51.3 Å². The Hall–Kier alpha value is -4.12. The average molecular weight is 496 g/mol. The number of carbonyl (C=O) groups excluding carboxylic acids is 2. The van der Waals surface area contributed by atoms with Crippen molar-refractivity contribution in [1.82, 2.24) is 15.5 Å². The summed E-state index contributed by atoms with van der Waals surface area (Å²) in [6.07, 6.45) is 0. The highest BCUT2D eigenvalue weighted by molar-refractivity contribution is 5.95. The van der Waals surface area contributed by atoms with Crippen LogP contribution in [0.15, 0.2) is 59.8 Å². The summed E-state index contributed by atoms with van der Waals surface area (Å²) in [6, 6.07) is 12.7. The van der Waals surface area contributed by atoms with Crippen LogP contribution in [0.1, 0.15) is 18.5 Å². The number of ether oxygens (including phenoxy) is 2. The van der Waals surface area contributed by atoms with E-state index in [1.165, 1.54) is 12.1 Å². The number of anilines is 1. The number of urea groups is 1. The van der Waals surface area contributed by atoms with Crippen LogP contribution in [0.5, 0.6) is 5.75 Å². The van der Waals surface area contributed by atoms with E-state index in [2.05, 4.69) is 20.4 Å². The molecule has 0 aliphatic carbocycles. The fraction of sp³-hybridized carbons (Fsp3) is 0.360. The summed E-state index contributed by atoms with van der Waals surface area (Å²) >= 11 is 0. The molecular formula is C25H29N5O6. The SMILES string of the molecule is CCOC(=O)C1=C(CN2CCN(c3ccc([N+](=O)[O-])cc3)CC2)NC(=O)N[C@@H]1c1ccc(OC)cc1. The molecule has 2 aliphatic heterocycles. The zero-order valence-corrected chi connectivity index (χ0v) is 20.2. The van der Waals surface area contributed by atoms with Crippen molar-refractivity contribution in [2.45, 2.75) is 13.0 Å². The van der Waals surface area contributed by atoms with Gasteiger partial charge in [0, 0.05) is 56.2 Å². The quantitative estimate of drug-likeness (QED) is 0.325. The van der Waals surface area contributed by atoms with Gasteiger partial charge < -0.3 is 25.0 Å². The molecule has 0 saturated carbocycles. The number of benzene rings is 2. The first kappa shape index (κ1) is 25.0. The van der Waals surface area contributed by atoms with E-state index >= 15 is 0 Å². The third-order valence-electron chi connectivity index (χ3n) is 6.28. The summed E-state index contributed by atoms with van der Waals surface area (Å²) in [4.78, 5) is 40.4. The Morgan fingerprint density at radius 2 is 1.75 bits per heavy atom. The van der Waals surface area contributed by atoms with Gasteiger partial charge in [-0.1, -0.05) is 12.1 Å². The first-order valence-corrected chi connectivity index (χ1v) is 11.7. The predicted molar refractivity (Wildman–Crippen MR) is 133 cm³/mol. The number of nitrogens with one attached hydrogen (secondary N) is 2. The van der Waals surface area contributed by atoms with E-state index < -0.39 is 16.9 Å². The van der Waals surface area contributed by atoms with Crippen LogP contribution in [0, 0.1) is 10.1 Å². The molecule has 1 atom stereocenters. The van der Waals surface area contributed by atoms with Crippen molar-refractivity contribution in [2.24, 2.45) is 0 Å². The summed E-state index contributed by atoms with van der Waals surface area (Å²) in [5.74, 6) is 0.192. The van der Waals surface area contributed by atoms with Gasteiger partial charge in [0.15, 0.2) is 0 Å². The Balaban J connectivity index is 1.52. The number of hydrogen-bond donors (Lipinski definition) is 2. The Bertz CT molecular complexity index is 1140. The Kier molecular flexibility index (Phi) is 7.69. The topological polar surface area (TPSA) is 126 Å². The fourth-order valence-corrected chi connectivity index (χ4v) is 4.41. The highest BCUT2D eigenvalue weighted by Crippen LogP contribution is 2.30. The van der Waals surface area contributed by atoms with Crippen LogP contribution in [0.3, 0.4) is 0 Å². The Morgan fingerprint density at radius 1 is 1.08 bits per heavy atom. The molecule has 0 aromatic heterocycles. The van der Waals surface area contributed by atoms with E-state index in [9.17, 15) is 19.7 Å². The molecule has 11 nitrogen and oxygen atoms in total. The molecule has 0 unspecified atom stereocenters. The van der Waals surface area contributed by atoms with E-state index in [0.717, 1.165) is 11.3 Å². The molecule has 0 radical (unpaired) electrons. The number of nitro groups is 1. The molecule has 190 valence electrons. The monoisotopic (exact) mass is 495 g/mol. The minimum Gasteiger partial charge on any atom is -0.497 e. The molecule has 2 aromatic carbocycles. The van der Waals surface area contributed by atoms with Crippen LogP contribution in [0.25, 0.3) is 0 Å². The van der Waals surface area contributed by atoms with Crippen molar-refractivity contribution in [3.05, 3.63) is 75.5 Å². The zero-order chi connectivity index (χ0) is 25.7. The second-order valence-corrected chi connectivity index (χ2v) is 8.45. The summed E-state index contributed by atoms with van der Waals surface area (Å²) in [5.41, 5.74) is 2.61. The molecule has 2 aromatic rings. The molecule has 11 heteroatoms. The van der Waals surface area contributed by atoms with Gasteiger partial charge in [0.2, 0.25) is 0 Å². The number of methoxy groups -OCH3 is 1. The Labute approximate surface area is 208 Å². The molecule has 1 saturated heterocycles. The number of carbonyl (C=O) groups is 2. The Morgan fingerprint density at radius 3 is 2.33 bits per heavy atom. The van der Waals surface area contributed by atoms with Crippen molar-refractivity contribution in [3.8, 4) is 5.75 Å². The summed E-state index contributed by atoms with van der Waals surface area (Å²) in [7, 11) is 1.57. The summed E-state index contributed by atoms with van der Waals surface area (Å²) in [6.45, 7) is 5.12. The third-order valence-corrected chi connectivity index (χ3v) is 6.28. The van der Waals surface area contributed by atoms with Gasteiger partial charge in [-0.15, -0.1) is 0 Å². The van der Waals surface area contributed by atoms with Crippen molar-refractivity contribution in [1.29, 1.82) is 0 Å². The average Bonchev–Trinajstić information content (AvgIpc) is 2.89. The highest BCUT2D eigenvalue weighted by atomic mass is 16.6. The minimum atomic E-state index is -0.653. The minimum absolute atomic E-state index is 0.0591. The molecule has 0 spiro atoms. The van der Waals surface area contributed by atoms with Gasteiger partial charge in [-0.3, -0.25) is 15.0 Å². The van der Waals surface area contributed by atoms with E-state index in [-0.39, 0.29) is 18.3 Å². The van der Waals surface area contributed by atoms with Crippen LogP contribution in [0.4, 0.5) is 16.2 Å². The second-order valence-electron chi connectivity index (χ2n) is 8.45. The van der Waals surface area contributed by atoms with Crippen molar-refractivity contribution in [3.63, 3.8) is 0 Å². The number of hydrogen-bond acceptors (Lipinski definition) is 8. The molecule has 1 fully saturated rings. The lowest BCUT2D eigenvalue weighted by Crippen LogP contribution is -2.51. The summed E-state index contributed by atoms with van der Waals surface area (Å²) in [5, 5.41) is 16.6. The van der Waals surface area contributed by atoms with Crippen LogP contribution in [-0.4, -0.2) is 68.3 Å². The van der Waals surface area contributed by atoms with E-state index in [1.54, 1.807) is 38.3 Å². The maximum Gasteiger partial charge on any atom is 0.338 e. The van der Waals surface area contributed by atoms with Gasteiger partial charge in [-0.2, -0.15) is 0 Å². The zero-order valence-electron chi connectivity index (χ0n) is 20.2. The largest absolute Gasteiger partial charge is 0.497 e. The number of nitro benzene ring substituents is 1. The lowest BCUT2D eigenvalue weighted by molar-refractivity contribution is -0.384. The van der Waals surface area contributed by atoms with Gasteiger partial charge in [0.1, 0.15) is 5.75 Å². The molecular weight excluding hydrogens is 466 g/mol. The van der Waals surface area contributed by atoms with Crippen LogP contribution in [0.2, 0.25) is 0 Å². The summed E-state index contributed by atoms with van der Waals surface area (Å²) < 4.78 is 10.6. The van der Waals surface area contributed by atoms with Crippen molar-refractivity contribution < 1.29 is 24.0 Å². The van der Waals surface area contributed by atoms with Crippen LogP contribution >= 0.6 is 0 Å². The maximum atomic E-state index is 13.0. The van der Waals surface area contributed by atoms with E-state index in [4.69, 9.17) is 9.47 Å². The molecule has 36 heavy (non-hydrogen) atoms. The fourth-order valence-electron chi connectivity index (χ4n) is 4.41. The molecule has 2 amide bonds. The number of non-ortho nitro benzene ring substituents is 1. The van der Waals surface area contributed by atoms with Gasteiger partial charge in [0.05, 0.1) is 30.3 Å². The number of piperazine rings is 1. The normalized spacial score (nSPS) is 18.3. The number of amides is 2. The van der Waals surface area contributed by atoms with E-state index in [0.29, 0.717) is 49.7 Å². The molecule has 2 N–H and O–H groups in total. The van der Waals surface area contributed by atoms with Gasteiger partial charge in [-0.25, -0.2) is 9.59 Å². The van der Waals surface area contributed by atoms with Crippen molar-refractivity contribution >= 4 is 23.4 Å². The molecule has 0 bridgehead atoms. The first-order chi connectivity index (χ1) is 17.4. The van der Waals surface area contributed by atoms with Crippen LogP contribution < -0.4 is 20.3 Å². The lowest BCUT2D eigenvalue weighted by atomic mass is 9.94. The standard InChI is InChI=1S/C25H29N5O6/c1-3-36-24(31)22-21(26-25(32)27-23(22)17-4-10-20(35-2)11-5-17)16-28-12-14-29(15-13-28)18-6-8-19(9-7-18)30(33)34/h4-11,23H,3,12-16H2,1-2H3,(H2,26,27,32)/t23-/m1/s1. The van der Waals surface area contributed by atoms with Crippen LogP contribution in [-0.2, 0) is 9.53 Å². The highest BCUT2D eigenvalue weighted by Gasteiger charge is 2.34. The maximum absolute atomic E-state index is 13.0. The lowest BCUT2D eigenvalue weighted by Gasteiger charge is -2.38. The number of rotatable bonds is 8. The number of esters is 1. The third kappa shape index (κ3) is 5.57. The molecule has 2 aliphatic rings. The molecule has 2 heterocycles. The van der Waals surface area contributed by atoms with Gasteiger partial charge in [0.25, 0.3) is 5.69 Å². The van der Waals surface area contributed by atoms with Gasteiger partial charge in [-0.05, 0) is 36.8 Å². The van der Waals surface area contributed by atoms with Gasteiger partial charge >= 0.3 is 12.0 Å².